The first-order chi connectivity index (χ1) is 11.9. The molecule has 25 heavy (non-hydrogen) atoms. The Morgan fingerprint density at radius 1 is 1.24 bits per heavy atom. The van der Waals surface area contributed by atoms with Crippen molar-refractivity contribution in [1.29, 1.82) is 0 Å². The summed E-state index contributed by atoms with van der Waals surface area (Å²) in [7, 11) is 1.43. The van der Waals surface area contributed by atoms with Gasteiger partial charge in [0.15, 0.2) is 5.76 Å². The molecule has 1 aliphatic rings. The Balaban J connectivity index is 1.78. The zero-order valence-corrected chi connectivity index (χ0v) is 13.3. The molecule has 0 saturated carbocycles. The molecule has 1 fully saturated rings. The highest BCUT2D eigenvalue weighted by molar-refractivity contribution is 6.03. The second-order valence-electron chi connectivity index (χ2n) is 5.63. The van der Waals surface area contributed by atoms with Gasteiger partial charge in [-0.15, -0.1) is 0 Å². The van der Waals surface area contributed by atoms with Gasteiger partial charge < -0.3 is 19.3 Å². The van der Waals surface area contributed by atoms with Crippen LogP contribution in [0, 0.1) is 5.82 Å². The second-order valence-corrected chi connectivity index (χ2v) is 5.63. The summed E-state index contributed by atoms with van der Waals surface area (Å²) in [5.41, 5.74) is 0.169. The average molecular weight is 346 g/mol. The number of para-hydroxylation sites is 1. The molecule has 0 spiro atoms. The van der Waals surface area contributed by atoms with Crippen molar-refractivity contribution in [1.82, 2.24) is 4.90 Å². The molecule has 130 valence electrons. The van der Waals surface area contributed by atoms with E-state index < -0.39 is 29.6 Å². The number of furan rings is 1. The predicted octanol–water partition coefficient (Wildman–Crippen LogP) is 1.99. The first-order valence-electron chi connectivity index (χ1n) is 7.56. The third-order valence-corrected chi connectivity index (χ3v) is 4.14. The van der Waals surface area contributed by atoms with Crippen LogP contribution < -0.4 is 4.90 Å². The average Bonchev–Trinajstić information content (AvgIpc) is 3.21. The lowest BCUT2D eigenvalue weighted by Gasteiger charge is -2.23. The van der Waals surface area contributed by atoms with E-state index in [1.807, 2.05) is 0 Å². The van der Waals surface area contributed by atoms with E-state index in [1.165, 1.54) is 47.2 Å². The standard InChI is InChI=1S/C17H15FN2O5/c1-19(16(22)13-6-7-14(25-13)17(23)24)12-8-9-20(15(12)21)11-5-3-2-4-10(11)18/h2-7,12H,8-9H2,1H3,(H,23,24)/t12-/m1/s1. The van der Waals surface area contributed by atoms with E-state index in [2.05, 4.69) is 0 Å². The molecule has 2 aromatic rings. The van der Waals surface area contributed by atoms with Crippen molar-refractivity contribution in [3.63, 3.8) is 0 Å². The van der Waals surface area contributed by atoms with Crippen molar-refractivity contribution in [3.05, 3.63) is 53.7 Å². The van der Waals surface area contributed by atoms with Gasteiger partial charge >= 0.3 is 5.97 Å². The number of aromatic carboxylic acids is 1. The Kier molecular flexibility index (Phi) is 4.26. The zero-order valence-electron chi connectivity index (χ0n) is 13.3. The summed E-state index contributed by atoms with van der Waals surface area (Å²) in [5.74, 6) is -3.33. The van der Waals surface area contributed by atoms with E-state index >= 15 is 0 Å². The summed E-state index contributed by atoms with van der Waals surface area (Å²) >= 11 is 0. The van der Waals surface area contributed by atoms with Crippen LogP contribution in [0.25, 0.3) is 0 Å². The summed E-state index contributed by atoms with van der Waals surface area (Å²) in [6, 6.07) is 7.57. The molecule has 0 bridgehead atoms. The van der Waals surface area contributed by atoms with Gasteiger partial charge in [-0.3, -0.25) is 9.59 Å². The second kappa shape index (κ2) is 6.39. The van der Waals surface area contributed by atoms with E-state index in [9.17, 15) is 18.8 Å². The van der Waals surface area contributed by atoms with Gasteiger partial charge in [0, 0.05) is 13.6 Å². The molecule has 1 aromatic heterocycles. The van der Waals surface area contributed by atoms with Crippen LogP contribution in [0.2, 0.25) is 0 Å². The third kappa shape index (κ3) is 2.98. The van der Waals surface area contributed by atoms with Crippen LogP contribution in [0.5, 0.6) is 0 Å². The highest BCUT2D eigenvalue weighted by Gasteiger charge is 2.38. The maximum Gasteiger partial charge on any atom is 0.371 e. The number of anilines is 1. The lowest BCUT2D eigenvalue weighted by molar-refractivity contribution is -0.120. The van der Waals surface area contributed by atoms with Gasteiger partial charge in [-0.2, -0.15) is 0 Å². The fraction of sp³-hybridized carbons (Fsp3) is 0.235. The van der Waals surface area contributed by atoms with Crippen LogP contribution >= 0.6 is 0 Å². The Hall–Kier alpha value is -3.16. The van der Waals surface area contributed by atoms with Crippen LogP contribution in [0.4, 0.5) is 10.1 Å². The van der Waals surface area contributed by atoms with Gasteiger partial charge in [-0.05, 0) is 30.7 Å². The van der Waals surface area contributed by atoms with Gasteiger partial charge in [-0.1, -0.05) is 12.1 Å². The Morgan fingerprint density at radius 2 is 1.92 bits per heavy atom. The quantitative estimate of drug-likeness (QED) is 0.914. The topological polar surface area (TPSA) is 91.1 Å². The van der Waals surface area contributed by atoms with Crippen LogP contribution in [0.1, 0.15) is 27.5 Å². The molecule has 0 unspecified atom stereocenters. The van der Waals surface area contributed by atoms with Crippen molar-refractivity contribution in [2.45, 2.75) is 12.5 Å². The molecule has 1 saturated heterocycles. The van der Waals surface area contributed by atoms with E-state index in [-0.39, 0.29) is 23.8 Å². The molecule has 1 atom stereocenters. The van der Waals surface area contributed by atoms with E-state index in [0.717, 1.165) is 0 Å². The minimum Gasteiger partial charge on any atom is -0.475 e. The van der Waals surface area contributed by atoms with Crippen molar-refractivity contribution >= 4 is 23.5 Å². The summed E-state index contributed by atoms with van der Waals surface area (Å²) in [6.07, 6.45) is 0.335. The lowest BCUT2D eigenvalue weighted by atomic mass is 10.2. The summed E-state index contributed by atoms with van der Waals surface area (Å²) in [6.45, 7) is 0.278. The molecule has 1 N–H and O–H groups in total. The van der Waals surface area contributed by atoms with Crippen LogP contribution in [0.3, 0.4) is 0 Å². The summed E-state index contributed by atoms with van der Waals surface area (Å²) in [5, 5.41) is 8.84. The minimum absolute atomic E-state index is 0.169. The number of benzene rings is 1. The number of hydrogen-bond acceptors (Lipinski definition) is 4. The Bertz CT molecular complexity index is 847. The van der Waals surface area contributed by atoms with Crippen LogP contribution in [0.15, 0.2) is 40.8 Å². The minimum atomic E-state index is -1.29. The molecule has 1 aromatic carbocycles. The van der Waals surface area contributed by atoms with Gasteiger partial charge in [0.2, 0.25) is 11.7 Å². The number of carbonyl (C=O) groups excluding carboxylic acids is 2. The third-order valence-electron chi connectivity index (χ3n) is 4.14. The number of carboxylic acids is 1. The van der Waals surface area contributed by atoms with E-state index in [4.69, 9.17) is 9.52 Å². The highest BCUT2D eigenvalue weighted by atomic mass is 19.1. The van der Waals surface area contributed by atoms with Crippen molar-refractivity contribution < 1.29 is 28.3 Å². The van der Waals surface area contributed by atoms with E-state index in [0.29, 0.717) is 6.42 Å². The molecule has 7 nitrogen and oxygen atoms in total. The summed E-state index contributed by atoms with van der Waals surface area (Å²) in [4.78, 5) is 38.3. The Labute approximate surface area is 142 Å². The first kappa shape index (κ1) is 16.7. The van der Waals surface area contributed by atoms with Crippen LogP contribution in [-0.2, 0) is 4.79 Å². The molecule has 2 amide bonds. The lowest BCUT2D eigenvalue weighted by Crippen LogP contribution is -2.43. The van der Waals surface area contributed by atoms with E-state index in [1.54, 1.807) is 6.07 Å². The van der Waals surface area contributed by atoms with Crippen molar-refractivity contribution in [2.24, 2.45) is 0 Å². The monoisotopic (exact) mass is 346 g/mol. The molecule has 0 radical (unpaired) electrons. The maximum absolute atomic E-state index is 13.9. The number of halogens is 1. The molecular formula is C17H15FN2O5. The SMILES string of the molecule is CN(C(=O)c1ccc(C(=O)O)o1)[C@@H]1CCN(c2ccccc2F)C1=O. The Morgan fingerprint density at radius 3 is 2.56 bits per heavy atom. The fourth-order valence-corrected chi connectivity index (χ4v) is 2.82. The number of amides is 2. The normalized spacial score (nSPS) is 17.0. The zero-order chi connectivity index (χ0) is 18.1. The maximum atomic E-state index is 13.9. The van der Waals surface area contributed by atoms with Gasteiger partial charge in [0.1, 0.15) is 11.9 Å². The number of rotatable bonds is 4. The number of hydrogen-bond donors (Lipinski definition) is 1. The summed E-state index contributed by atoms with van der Waals surface area (Å²) < 4.78 is 18.9. The van der Waals surface area contributed by atoms with Crippen LogP contribution in [-0.4, -0.2) is 47.4 Å². The van der Waals surface area contributed by atoms with Gasteiger partial charge in [0.05, 0.1) is 5.69 Å². The number of nitrogens with zero attached hydrogens (tertiary/aromatic N) is 2. The van der Waals surface area contributed by atoms with Crippen molar-refractivity contribution in [3.8, 4) is 0 Å². The molecular weight excluding hydrogens is 331 g/mol. The van der Waals surface area contributed by atoms with Gasteiger partial charge in [-0.25, -0.2) is 9.18 Å². The number of carboxylic acid groups (broad SMARTS) is 1. The number of likely N-dealkylation sites (N-methyl/N-ethyl adjacent to an activating group) is 1. The largest absolute Gasteiger partial charge is 0.475 e. The van der Waals surface area contributed by atoms with Gasteiger partial charge in [0.25, 0.3) is 5.91 Å². The predicted molar refractivity (Wildman–Crippen MR) is 84.9 cm³/mol. The van der Waals surface area contributed by atoms with Crippen molar-refractivity contribution in [2.75, 3.05) is 18.5 Å². The first-order valence-corrected chi connectivity index (χ1v) is 7.56. The molecule has 2 heterocycles. The molecule has 0 aliphatic carbocycles. The highest BCUT2D eigenvalue weighted by Crippen LogP contribution is 2.27. The number of carbonyl (C=O) groups is 3. The smallest absolute Gasteiger partial charge is 0.371 e. The molecule has 3 rings (SSSR count). The molecule has 1 aliphatic heterocycles. The fourth-order valence-electron chi connectivity index (χ4n) is 2.82. The molecule has 8 heteroatoms.